The zero-order valence-electron chi connectivity index (χ0n) is 12.3. The van der Waals surface area contributed by atoms with Crippen LogP contribution in [0.4, 0.5) is 5.69 Å². The predicted octanol–water partition coefficient (Wildman–Crippen LogP) is 1.16. The average Bonchev–Trinajstić information content (AvgIpc) is 3.34. The van der Waals surface area contributed by atoms with Crippen molar-refractivity contribution in [2.75, 3.05) is 25.0 Å². The monoisotopic (exact) mass is 290 g/mol. The van der Waals surface area contributed by atoms with E-state index in [2.05, 4.69) is 27.9 Å². The molecule has 0 saturated heterocycles. The molecule has 0 radical (unpaired) electrons. The number of anilines is 1. The van der Waals surface area contributed by atoms with Crippen molar-refractivity contribution >= 4 is 17.5 Å². The van der Waals surface area contributed by atoms with Crippen molar-refractivity contribution in [1.29, 1.82) is 0 Å². The van der Waals surface area contributed by atoms with Crippen LogP contribution >= 0.6 is 0 Å². The van der Waals surface area contributed by atoms with Gasteiger partial charge in [-0.15, -0.1) is 0 Å². The first kappa shape index (κ1) is 15.3. The zero-order valence-corrected chi connectivity index (χ0v) is 12.3. The third-order valence-corrected chi connectivity index (χ3v) is 3.29. The lowest BCUT2D eigenvalue weighted by Gasteiger charge is -2.11. The molecule has 1 aliphatic carbocycles. The van der Waals surface area contributed by atoms with Crippen LogP contribution in [0.25, 0.3) is 0 Å². The number of nitrogens with zero attached hydrogens (tertiary/aromatic N) is 1. The minimum atomic E-state index is -0.156. The maximum Gasteiger partial charge on any atom is 0.253 e. The fourth-order valence-electron chi connectivity index (χ4n) is 1.94. The maximum atomic E-state index is 12.1. The molecule has 0 aromatic carbocycles. The van der Waals surface area contributed by atoms with Crippen molar-refractivity contribution < 1.29 is 9.59 Å². The summed E-state index contributed by atoms with van der Waals surface area (Å²) in [5.74, 6) is 0.140. The van der Waals surface area contributed by atoms with E-state index in [1.807, 2.05) is 0 Å². The smallest absolute Gasteiger partial charge is 0.253 e. The van der Waals surface area contributed by atoms with Gasteiger partial charge in [0.1, 0.15) is 0 Å². The van der Waals surface area contributed by atoms with Gasteiger partial charge in [-0.1, -0.05) is 6.92 Å². The summed E-state index contributed by atoms with van der Waals surface area (Å²) in [5.41, 5.74) is 1.31. The minimum Gasteiger partial charge on any atom is -0.383 e. The normalized spacial score (nSPS) is 13.6. The molecular weight excluding hydrogens is 268 g/mol. The van der Waals surface area contributed by atoms with Crippen molar-refractivity contribution in [3.05, 3.63) is 24.0 Å². The van der Waals surface area contributed by atoms with Crippen LogP contribution in [0.2, 0.25) is 0 Å². The molecule has 0 aliphatic heterocycles. The van der Waals surface area contributed by atoms with Crippen LogP contribution in [0, 0.1) is 5.92 Å². The van der Waals surface area contributed by atoms with Gasteiger partial charge < -0.3 is 16.0 Å². The van der Waals surface area contributed by atoms with Crippen LogP contribution < -0.4 is 16.0 Å². The second-order valence-corrected chi connectivity index (χ2v) is 5.17. The molecule has 1 aromatic rings. The van der Waals surface area contributed by atoms with E-state index in [-0.39, 0.29) is 17.7 Å². The molecule has 1 heterocycles. The molecule has 1 aromatic heterocycles. The van der Waals surface area contributed by atoms with Crippen molar-refractivity contribution in [3.63, 3.8) is 0 Å². The summed E-state index contributed by atoms with van der Waals surface area (Å²) < 4.78 is 0. The number of carbonyl (C=O) groups excluding carboxylic acids is 2. The Labute approximate surface area is 124 Å². The summed E-state index contributed by atoms with van der Waals surface area (Å²) in [6.07, 6.45) is 6.20. The van der Waals surface area contributed by atoms with Crippen LogP contribution in [0.1, 0.15) is 36.5 Å². The standard InChI is InChI=1S/C15H22N4O2/c1-2-6-17-13-10-16-7-5-12(13)15(21)19-9-8-18-14(20)11-3-4-11/h5,7,10-11,17H,2-4,6,8-9H2,1H3,(H,18,20)(H,19,21). The number of aromatic nitrogens is 1. The molecule has 3 N–H and O–H groups in total. The average molecular weight is 290 g/mol. The highest BCUT2D eigenvalue weighted by molar-refractivity contribution is 5.99. The molecule has 114 valence electrons. The first-order valence-electron chi connectivity index (χ1n) is 7.46. The molecular formula is C15H22N4O2. The Bertz CT molecular complexity index is 500. The largest absolute Gasteiger partial charge is 0.383 e. The first-order valence-corrected chi connectivity index (χ1v) is 7.46. The topological polar surface area (TPSA) is 83.1 Å². The highest BCUT2D eigenvalue weighted by atomic mass is 16.2. The van der Waals surface area contributed by atoms with Gasteiger partial charge in [0.05, 0.1) is 17.4 Å². The number of carbonyl (C=O) groups is 2. The van der Waals surface area contributed by atoms with E-state index in [0.717, 1.165) is 31.5 Å². The van der Waals surface area contributed by atoms with Crippen molar-refractivity contribution in [3.8, 4) is 0 Å². The summed E-state index contributed by atoms with van der Waals surface area (Å²) in [4.78, 5) is 27.6. The third kappa shape index (κ3) is 4.73. The highest BCUT2D eigenvalue weighted by Gasteiger charge is 2.28. The fraction of sp³-hybridized carbons (Fsp3) is 0.533. The second kappa shape index (κ2) is 7.61. The first-order chi connectivity index (χ1) is 10.2. The molecule has 1 aliphatic rings. The lowest BCUT2D eigenvalue weighted by molar-refractivity contribution is -0.122. The Morgan fingerprint density at radius 2 is 2.00 bits per heavy atom. The van der Waals surface area contributed by atoms with E-state index < -0.39 is 0 Å². The Balaban J connectivity index is 1.78. The molecule has 0 spiro atoms. The molecule has 0 bridgehead atoms. The lowest BCUT2D eigenvalue weighted by atomic mass is 10.2. The Morgan fingerprint density at radius 3 is 2.71 bits per heavy atom. The summed E-state index contributed by atoms with van der Waals surface area (Å²) in [5, 5.41) is 8.81. The van der Waals surface area contributed by atoms with Gasteiger partial charge in [-0.3, -0.25) is 14.6 Å². The van der Waals surface area contributed by atoms with Gasteiger partial charge >= 0.3 is 0 Å². The third-order valence-electron chi connectivity index (χ3n) is 3.29. The predicted molar refractivity (Wildman–Crippen MR) is 81.1 cm³/mol. The van der Waals surface area contributed by atoms with E-state index in [9.17, 15) is 9.59 Å². The molecule has 6 nitrogen and oxygen atoms in total. The Morgan fingerprint density at radius 1 is 1.24 bits per heavy atom. The summed E-state index contributed by atoms with van der Waals surface area (Å²) in [6, 6.07) is 1.69. The van der Waals surface area contributed by atoms with Gasteiger partial charge in [-0.05, 0) is 25.3 Å². The Hall–Kier alpha value is -2.11. The zero-order chi connectivity index (χ0) is 15.1. The molecule has 0 unspecified atom stereocenters. The van der Waals surface area contributed by atoms with E-state index in [1.165, 1.54) is 0 Å². The minimum absolute atomic E-state index is 0.0958. The SMILES string of the molecule is CCCNc1cnccc1C(=O)NCCNC(=O)C1CC1. The van der Waals surface area contributed by atoms with E-state index in [0.29, 0.717) is 18.7 Å². The van der Waals surface area contributed by atoms with Crippen LogP contribution in [0.3, 0.4) is 0 Å². The van der Waals surface area contributed by atoms with Crippen LogP contribution in [0.5, 0.6) is 0 Å². The Kier molecular flexibility index (Phi) is 5.54. The quantitative estimate of drug-likeness (QED) is 0.627. The van der Waals surface area contributed by atoms with Gasteiger partial charge in [0.15, 0.2) is 0 Å². The number of rotatable bonds is 8. The van der Waals surface area contributed by atoms with E-state index in [4.69, 9.17) is 0 Å². The summed E-state index contributed by atoms with van der Waals surface area (Å²) in [7, 11) is 0. The molecule has 0 atom stereocenters. The molecule has 1 saturated carbocycles. The van der Waals surface area contributed by atoms with Crippen LogP contribution in [-0.2, 0) is 4.79 Å². The molecule has 2 amide bonds. The molecule has 21 heavy (non-hydrogen) atoms. The highest BCUT2D eigenvalue weighted by Crippen LogP contribution is 2.28. The van der Waals surface area contributed by atoms with E-state index in [1.54, 1.807) is 18.5 Å². The maximum absolute atomic E-state index is 12.1. The fourth-order valence-corrected chi connectivity index (χ4v) is 1.94. The van der Waals surface area contributed by atoms with Crippen LogP contribution in [0.15, 0.2) is 18.5 Å². The van der Waals surface area contributed by atoms with Gasteiger partial charge in [0, 0.05) is 31.7 Å². The number of amides is 2. The van der Waals surface area contributed by atoms with Gasteiger partial charge in [0.2, 0.25) is 5.91 Å². The van der Waals surface area contributed by atoms with Crippen molar-refractivity contribution in [1.82, 2.24) is 15.6 Å². The van der Waals surface area contributed by atoms with Gasteiger partial charge in [-0.2, -0.15) is 0 Å². The van der Waals surface area contributed by atoms with E-state index >= 15 is 0 Å². The second-order valence-electron chi connectivity index (χ2n) is 5.17. The molecule has 1 fully saturated rings. The summed E-state index contributed by atoms with van der Waals surface area (Å²) >= 11 is 0. The number of hydrogen-bond acceptors (Lipinski definition) is 4. The number of hydrogen-bond donors (Lipinski definition) is 3. The van der Waals surface area contributed by atoms with Crippen LogP contribution in [-0.4, -0.2) is 36.4 Å². The number of nitrogens with one attached hydrogen (secondary N) is 3. The number of pyridine rings is 1. The van der Waals surface area contributed by atoms with Crippen molar-refractivity contribution in [2.24, 2.45) is 5.92 Å². The molecule has 6 heteroatoms. The lowest BCUT2D eigenvalue weighted by Crippen LogP contribution is -2.35. The summed E-state index contributed by atoms with van der Waals surface area (Å²) in [6.45, 7) is 3.74. The van der Waals surface area contributed by atoms with Gasteiger partial charge in [0.25, 0.3) is 5.91 Å². The van der Waals surface area contributed by atoms with Crippen molar-refractivity contribution in [2.45, 2.75) is 26.2 Å². The molecule has 2 rings (SSSR count). The van der Waals surface area contributed by atoms with Gasteiger partial charge in [-0.25, -0.2) is 0 Å².